The Morgan fingerprint density at radius 1 is 0.328 bits per heavy atom. The molecule has 0 radical (unpaired) electrons. The van der Waals surface area contributed by atoms with Crippen LogP contribution < -0.4 is 0 Å². The summed E-state index contributed by atoms with van der Waals surface area (Å²) in [6.07, 6.45) is 48.1. The van der Waals surface area contributed by atoms with Crippen LogP contribution in [-0.2, 0) is 28.6 Å². The summed E-state index contributed by atoms with van der Waals surface area (Å²) < 4.78 is 16.8. The Morgan fingerprint density at radius 3 is 0.845 bits per heavy atom. The van der Waals surface area contributed by atoms with Crippen LogP contribution >= 0.6 is 0 Å². The summed E-state index contributed by atoms with van der Waals surface area (Å²) >= 11 is 0. The Bertz CT molecular complexity index is 872. The molecular formula is C52H100O6. The summed E-state index contributed by atoms with van der Waals surface area (Å²) in [7, 11) is 0. The second-order valence-corrected chi connectivity index (χ2v) is 18.3. The number of carbonyl (C=O) groups is 3. The van der Waals surface area contributed by atoms with Gasteiger partial charge in [0.05, 0.1) is 0 Å². The van der Waals surface area contributed by atoms with Gasteiger partial charge in [0.1, 0.15) is 13.2 Å². The number of rotatable bonds is 47. The molecule has 58 heavy (non-hydrogen) atoms. The molecule has 0 heterocycles. The van der Waals surface area contributed by atoms with Crippen molar-refractivity contribution in [2.45, 2.75) is 297 Å². The second kappa shape index (κ2) is 46.5. The first-order valence-electron chi connectivity index (χ1n) is 25.9. The van der Waals surface area contributed by atoms with Crippen molar-refractivity contribution in [3.8, 4) is 0 Å². The third kappa shape index (κ3) is 45.5. The lowest BCUT2D eigenvalue weighted by Gasteiger charge is -2.18. The number of esters is 3. The first kappa shape index (κ1) is 56.4. The third-order valence-electron chi connectivity index (χ3n) is 11.8. The van der Waals surface area contributed by atoms with E-state index in [1.807, 2.05) is 0 Å². The molecule has 0 rings (SSSR count). The molecule has 0 aromatic rings. The predicted molar refractivity (Wildman–Crippen MR) is 247 cm³/mol. The Morgan fingerprint density at radius 2 is 0.569 bits per heavy atom. The summed E-state index contributed by atoms with van der Waals surface area (Å²) in [5, 5.41) is 0. The van der Waals surface area contributed by atoms with Crippen molar-refractivity contribution < 1.29 is 28.6 Å². The average molecular weight is 821 g/mol. The minimum absolute atomic E-state index is 0.0633. The van der Waals surface area contributed by atoms with Crippen molar-refractivity contribution in [1.29, 1.82) is 0 Å². The summed E-state index contributed by atoms with van der Waals surface area (Å²) in [5.41, 5.74) is 0. The fraction of sp³-hybridized carbons (Fsp3) is 0.942. The van der Waals surface area contributed by atoms with Gasteiger partial charge in [0, 0.05) is 19.3 Å². The quantitative estimate of drug-likeness (QED) is 0.0346. The maximum absolute atomic E-state index is 12.7. The molecule has 0 aromatic carbocycles. The van der Waals surface area contributed by atoms with E-state index in [1.54, 1.807) is 0 Å². The summed E-state index contributed by atoms with van der Waals surface area (Å²) in [6.45, 7) is 8.97. The second-order valence-electron chi connectivity index (χ2n) is 18.3. The van der Waals surface area contributed by atoms with E-state index >= 15 is 0 Å². The lowest BCUT2D eigenvalue weighted by molar-refractivity contribution is -0.167. The monoisotopic (exact) mass is 821 g/mol. The largest absolute Gasteiger partial charge is 0.462 e. The van der Waals surface area contributed by atoms with Crippen LogP contribution in [0.3, 0.4) is 0 Å². The molecule has 344 valence electrons. The molecule has 1 atom stereocenters. The summed E-state index contributed by atoms with van der Waals surface area (Å²) in [5.74, 6) is -0.0668. The number of hydrogen-bond donors (Lipinski definition) is 0. The van der Waals surface area contributed by atoms with Crippen molar-refractivity contribution >= 4 is 17.9 Å². The Kier molecular flexibility index (Phi) is 45.2. The van der Waals surface area contributed by atoms with Gasteiger partial charge in [-0.3, -0.25) is 14.4 Å². The van der Waals surface area contributed by atoms with Crippen LogP contribution in [0, 0.1) is 5.92 Å². The maximum atomic E-state index is 12.7. The van der Waals surface area contributed by atoms with Crippen LogP contribution in [0.2, 0.25) is 0 Å². The van der Waals surface area contributed by atoms with Crippen molar-refractivity contribution in [3.05, 3.63) is 0 Å². The number of carbonyl (C=O) groups excluding carboxylic acids is 3. The number of unbranched alkanes of at least 4 members (excludes halogenated alkanes) is 34. The molecule has 6 heteroatoms. The molecule has 0 aliphatic heterocycles. The predicted octanol–water partition coefficient (Wildman–Crippen LogP) is 16.7. The fourth-order valence-electron chi connectivity index (χ4n) is 7.86. The lowest BCUT2D eigenvalue weighted by Crippen LogP contribution is -2.30. The molecule has 6 nitrogen and oxygen atoms in total. The zero-order chi connectivity index (χ0) is 42.4. The van der Waals surface area contributed by atoms with Gasteiger partial charge in [0.15, 0.2) is 6.10 Å². The van der Waals surface area contributed by atoms with E-state index in [9.17, 15) is 14.4 Å². The molecule has 0 fully saturated rings. The van der Waals surface area contributed by atoms with E-state index in [0.717, 1.165) is 63.7 Å². The molecule has 0 aliphatic carbocycles. The van der Waals surface area contributed by atoms with Crippen molar-refractivity contribution in [2.75, 3.05) is 13.2 Å². The van der Waals surface area contributed by atoms with E-state index in [-0.39, 0.29) is 31.1 Å². The summed E-state index contributed by atoms with van der Waals surface area (Å²) in [6, 6.07) is 0. The molecule has 0 saturated carbocycles. The molecule has 0 aliphatic rings. The highest BCUT2D eigenvalue weighted by molar-refractivity contribution is 5.71. The molecule has 0 N–H and O–H groups in total. The van der Waals surface area contributed by atoms with Crippen LogP contribution in [0.15, 0.2) is 0 Å². The van der Waals surface area contributed by atoms with Crippen molar-refractivity contribution in [3.63, 3.8) is 0 Å². The molecule has 0 spiro atoms. The Balaban J connectivity index is 4.24. The van der Waals surface area contributed by atoms with Gasteiger partial charge in [0.2, 0.25) is 0 Å². The maximum Gasteiger partial charge on any atom is 0.306 e. The van der Waals surface area contributed by atoms with Gasteiger partial charge >= 0.3 is 17.9 Å². The standard InChI is InChI=1S/C52H100O6/c1-5-7-9-11-13-15-17-19-20-21-22-23-24-26-27-31-35-39-43-50(53)56-46-49(47-57-51(54)44-40-36-33-29-30-34-38-42-48(3)4)58-52(55)45-41-37-32-28-25-18-16-14-12-10-8-6-2/h48-49H,5-47H2,1-4H3/t49-/m0/s1. The zero-order valence-electron chi connectivity index (χ0n) is 39.5. The van der Waals surface area contributed by atoms with Crippen LogP contribution in [0.5, 0.6) is 0 Å². The average Bonchev–Trinajstić information content (AvgIpc) is 3.21. The van der Waals surface area contributed by atoms with Gasteiger partial charge in [-0.15, -0.1) is 0 Å². The van der Waals surface area contributed by atoms with Gasteiger partial charge in [-0.05, 0) is 25.2 Å². The van der Waals surface area contributed by atoms with E-state index in [4.69, 9.17) is 14.2 Å². The van der Waals surface area contributed by atoms with Gasteiger partial charge in [0.25, 0.3) is 0 Å². The molecule has 0 saturated heterocycles. The SMILES string of the molecule is CCCCCCCCCCCCCCCCCCCCC(=O)OC[C@@H](COC(=O)CCCCCCCCCC(C)C)OC(=O)CCCCCCCCCCCCCC. The van der Waals surface area contributed by atoms with E-state index < -0.39 is 6.10 Å². The topological polar surface area (TPSA) is 78.9 Å². The van der Waals surface area contributed by atoms with Crippen molar-refractivity contribution in [2.24, 2.45) is 5.92 Å². The van der Waals surface area contributed by atoms with E-state index in [0.29, 0.717) is 19.3 Å². The van der Waals surface area contributed by atoms with Gasteiger partial charge in [-0.1, -0.05) is 252 Å². The van der Waals surface area contributed by atoms with Gasteiger partial charge in [-0.2, -0.15) is 0 Å². The van der Waals surface area contributed by atoms with E-state index in [1.165, 1.54) is 186 Å². The summed E-state index contributed by atoms with van der Waals surface area (Å²) in [4.78, 5) is 37.9. The number of hydrogen-bond acceptors (Lipinski definition) is 6. The highest BCUT2D eigenvalue weighted by atomic mass is 16.6. The normalized spacial score (nSPS) is 11.9. The van der Waals surface area contributed by atoms with E-state index in [2.05, 4.69) is 27.7 Å². The van der Waals surface area contributed by atoms with Crippen LogP contribution in [-0.4, -0.2) is 37.2 Å². The van der Waals surface area contributed by atoms with Gasteiger partial charge < -0.3 is 14.2 Å². The van der Waals surface area contributed by atoms with Crippen LogP contribution in [0.4, 0.5) is 0 Å². The first-order valence-corrected chi connectivity index (χ1v) is 25.9. The lowest BCUT2D eigenvalue weighted by atomic mass is 10.0. The van der Waals surface area contributed by atoms with Crippen LogP contribution in [0.1, 0.15) is 291 Å². The minimum Gasteiger partial charge on any atom is -0.462 e. The van der Waals surface area contributed by atoms with Crippen LogP contribution in [0.25, 0.3) is 0 Å². The highest BCUT2D eigenvalue weighted by Gasteiger charge is 2.19. The Hall–Kier alpha value is -1.59. The zero-order valence-corrected chi connectivity index (χ0v) is 39.5. The van der Waals surface area contributed by atoms with Crippen molar-refractivity contribution in [1.82, 2.24) is 0 Å². The number of ether oxygens (including phenoxy) is 3. The molecule has 0 aromatic heterocycles. The fourth-order valence-corrected chi connectivity index (χ4v) is 7.86. The molecule has 0 bridgehead atoms. The smallest absolute Gasteiger partial charge is 0.306 e. The molecular weight excluding hydrogens is 721 g/mol. The highest BCUT2D eigenvalue weighted by Crippen LogP contribution is 2.17. The molecule has 0 amide bonds. The van der Waals surface area contributed by atoms with Gasteiger partial charge in [-0.25, -0.2) is 0 Å². The first-order chi connectivity index (χ1) is 28.4. The third-order valence-corrected chi connectivity index (χ3v) is 11.8. The molecule has 0 unspecified atom stereocenters. The minimum atomic E-state index is -0.760. The Labute approximate surface area is 361 Å².